The number of aliphatic hydroxyl groups is 1. The lowest BCUT2D eigenvalue weighted by atomic mass is 10.1. The van der Waals surface area contributed by atoms with Gasteiger partial charge in [0.05, 0.1) is 11.0 Å². The van der Waals surface area contributed by atoms with Crippen LogP contribution in [-0.4, -0.2) is 19.8 Å². The van der Waals surface area contributed by atoms with Crippen molar-refractivity contribution >= 4 is 25.8 Å². The number of rotatable bonds is 2. The first-order valence-electron chi connectivity index (χ1n) is 4.00. The van der Waals surface area contributed by atoms with Gasteiger partial charge in [-0.05, 0) is 19.1 Å². The van der Waals surface area contributed by atoms with Crippen molar-refractivity contribution in [2.75, 3.05) is 6.26 Å². The van der Waals surface area contributed by atoms with E-state index in [9.17, 15) is 13.5 Å². The Morgan fingerprint density at radius 1 is 1.43 bits per heavy atom. The number of hydrogen-bond acceptors (Lipinski definition) is 3. The lowest BCUT2D eigenvalue weighted by molar-refractivity contribution is 0.195. The molecule has 78 valence electrons. The van der Waals surface area contributed by atoms with Gasteiger partial charge in [0.2, 0.25) is 0 Å². The fourth-order valence-corrected chi connectivity index (χ4v) is 3.08. The number of benzene rings is 1. The van der Waals surface area contributed by atoms with Crippen LogP contribution in [0, 0.1) is 0 Å². The average molecular weight is 279 g/mol. The van der Waals surface area contributed by atoms with E-state index in [1.54, 1.807) is 12.1 Å². The first-order valence-corrected chi connectivity index (χ1v) is 6.69. The van der Waals surface area contributed by atoms with E-state index in [-0.39, 0.29) is 4.90 Å². The minimum absolute atomic E-state index is 0.168. The van der Waals surface area contributed by atoms with E-state index in [0.29, 0.717) is 10.0 Å². The summed E-state index contributed by atoms with van der Waals surface area (Å²) >= 11 is 3.22. The predicted molar refractivity (Wildman–Crippen MR) is 57.9 cm³/mol. The van der Waals surface area contributed by atoms with Crippen molar-refractivity contribution in [1.82, 2.24) is 0 Å². The highest BCUT2D eigenvalue weighted by molar-refractivity contribution is 9.10. The maximum atomic E-state index is 11.4. The molecule has 0 spiro atoms. The summed E-state index contributed by atoms with van der Waals surface area (Å²) in [6.45, 7) is 1.54. The fourth-order valence-electron chi connectivity index (χ4n) is 1.25. The van der Waals surface area contributed by atoms with Crippen LogP contribution in [0.5, 0.6) is 0 Å². The van der Waals surface area contributed by atoms with Crippen molar-refractivity contribution in [3.05, 3.63) is 28.2 Å². The van der Waals surface area contributed by atoms with Crippen LogP contribution in [-0.2, 0) is 9.84 Å². The highest BCUT2D eigenvalue weighted by Crippen LogP contribution is 2.29. The third-order valence-corrected chi connectivity index (χ3v) is 3.68. The maximum Gasteiger partial charge on any atom is 0.175 e. The Bertz CT molecular complexity index is 437. The lowest BCUT2D eigenvalue weighted by Crippen LogP contribution is -2.05. The Labute approximate surface area is 91.8 Å². The van der Waals surface area contributed by atoms with Gasteiger partial charge < -0.3 is 5.11 Å². The van der Waals surface area contributed by atoms with E-state index in [1.807, 2.05) is 0 Å². The molecular formula is C9H11BrO3S. The highest BCUT2D eigenvalue weighted by atomic mass is 79.9. The van der Waals surface area contributed by atoms with Crippen molar-refractivity contribution in [2.24, 2.45) is 0 Å². The van der Waals surface area contributed by atoms with Gasteiger partial charge in [-0.2, -0.15) is 0 Å². The van der Waals surface area contributed by atoms with Crippen LogP contribution in [0.25, 0.3) is 0 Å². The summed E-state index contributed by atoms with van der Waals surface area (Å²) in [6, 6.07) is 4.82. The topological polar surface area (TPSA) is 54.4 Å². The quantitative estimate of drug-likeness (QED) is 0.899. The van der Waals surface area contributed by atoms with Gasteiger partial charge in [-0.3, -0.25) is 0 Å². The first kappa shape index (κ1) is 11.7. The molecule has 0 heterocycles. The molecule has 0 amide bonds. The van der Waals surface area contributed by atoms with Crippen molar-refractivity contribution in [1.29, 1.82) is 0 Å². The van der Waals surface area contributed by atoms with Crippen molar-refractivity contribution in [2.45, 2.75) is 17.9 Å². The molecule has 1 aromatic rings. The molecule has 14 heavy (non-hydrogen) atoms. The summed E-state index contributed by atoms with van der Waals surface area (Å²) in [5.41, 5.74) is 0.412. The van der Waals surface area contributed by atoms with Crippen LogP contribution in [0.2, 0.25) is 0 Å². The Morgan fingerprint density at radius 3 is 2.36 bits per heavy atom. The average Bonchev–Trinajstić information content (AvgIpc) is 2.01. The second-order valence-electron chi connectivity index (χ2n) is 3.10. The monoisotopic (exact) mass is 278 g/mol. The summed E-state index contributed by atoms with van der Waals surface area (Å²) in [6.07, 6.45) is 0.316. The molecule has 3 nitrogen and oxygen atoms in total. The minimum Gasteiger partial charge on any atom is -0.389 e. The number of sulfone groups is 1. The molecule has 1 N–H and O–H groups in total. The zero-order valence-electron chi connectivity index (χ0n) is 7.86. The summed E-state index contributed by atoms with van der Waals surface area (Å²) in [5, 5.41) is 9.45. The Morgan fingerprint density at radius 2 is 2.00 bits per heavy atom. The predicted octanol–water partition coefficient (Wildman–Crippen LogP) is 1.91. The second-order valence-corrected chi connectivity index (χ2v) is 5.94. The van der Waals surface area contributed by atoms with Gasteiger partial charge in [0.25, 0.3) is 0 Å². The molecule has 0 radical (unpaired) electrons. The zero-order chi connectivity index (χ0) is 10.9. The van der Waals surface area contributed by atoms with Crippen molar-refractivity contribution in [3.8, 4) is 0 Å². The summed E-state index contributed by atoms with van der Waals surface area (Å²) in [7, 11) is -3.29. The van der Waals surface area contributed by atoms with Gasteiger partial charge in [0, 0.05) is 16.3 Å². The molecule has 0 aliphatic carbocycles. The molecule has 1 aromatic carbocycles. The molecule has 0 bridgehead atoms. The van der Waals surface area contributed by atoms with Gasteiger partial charge in [-0.25, -0.2) is 8.42 Å². The standard InChI is InChI=1S/C9H11BrO3S/c1-6(11)9-7(10)4-3-5-8(9)14(2,12)13/h3-6,11H,1-2H3. The molecule has 1 rings (SSSR count). The molecule has 5 heteroatoms. The van der Waals surface area contributed by atoms with Gasteiger partial charge in [-0.15, -0.1) is 0 Å². The van der Waals surface area contributed by atoms with Gasteiger partial charge in [0.1, 0.15) is 0 Å². The molecule has 0 aliphatic heterocycles. The van der Waals surface area contributed by atoms with Gasteiger partial charge in [0.15, 0.2) is 9.84 Å². The van der Waals surface area contributed by atoms with E-state index >= 15 is 0 Å². The highest BCUT2D eigenvalue weighted by Gasteiger charge is 2.18. The Balaban J connectivity index is 3.52. The molecule has 0 saturated carbocycles. The van der Waals surface area contributed by atoms with E-state index in [0.717, 1.165) is 6.26 Å². The van der Waals surface area contributed by atoms with Crippen LogP contribution >= 0.6 is 15.9 Å². The van der Waals surface area contributed by atoms with E-state index in [2.05, 4.69) is 15.9 Å². The van der Waals surface area contributed by atoms with Crippen LogP contribution in [0.1, 0.15) is 18.6 Å². The lowest BCUT2D eigenvalue weighted by Gasteiger charge is -2.12. The SMILES string of the molecule is CC(O)c1c(Br)cccc1S(C)(=O)=O. The van der Waals surface area contributed by atoms with Crippen LogP contribution < -0.4 is 0 Å². The van der Waals surface area contributed by atoms with Crippen molar-refractivity contribution in [3.63, 3.8) is 0 Å². The van der Waals surface area contributed by atoms with E-state index in [1.165, 1.54) is 13.0 Å². The summed E-state index contributed by atoms with van der Waals surface area (Å²) in [4.78, 5) is 0.168. The summed E-state index contributed by atoms with van der Waals surface area (Å²) < 4.78 is 23.4. The maximum absolute atomic E-state index is 11.4. The van der Waals surface area contributed by atoms with Gasteiger partial charge in [-0.1, -0.05) is 22.0 Å². The molecule has 1 atom stereocenters. The Kier molecular flexibility index (Phi) is 3.34. The van der Waals surface area contributed by atoms with Gasteiger partial charge >= 0.3 is 0 Å². The molecule has 0 aromatic heterocycles. The largest absolute Gasteiger partial charge is 0.389 e. The Hall–Kier alpha value is -0.390. The molecular weight excluding hydrogens is 268 g/mol. The number of halogens is 1. The molecule has 0 saturated heterocycles. The third kappa shape index (κ3) is 2.34. The van der Waals surface area contributed by atoms with Crippen LogP contribution in [0.4, 0.5) is 0 Å². The van der Waals surface area contributed by atoms with E-state index in [4.69, 9.17) is 0 Å². The molecule has 0 aliphatic rings. The minimum atomic E-state index is -3.29. The van der Waals surface area contributed by atoms with Crippen LogP contribution in [0.3, 0.4) is 0 Å². The first-order chi connectivity index (χ1) is 6.34. The third-order valence-electron chi connectivity index (χ3n) is 1.83. The smallest absolute Gasteiger partial charge is 0.175 e. The van der Waals surface area contributed by atoms with Crippen LogP contribution in [0.15, 0.2) is 27.6 Å². The molecule has 1 unspecified atom stereocenters. The number of hydrogen-bond donors (Lipinski definition) is 1. The fraction of sp³-hybridized carbons (Fsp3) is 0.333. The second kappa shape index (κ2) is 4.00. The normalized spacial score (nSPS) is 14.0. The number of aliphatic hydroxyl groups excluding tert-OH is 1. The van der Waals surface area contributed by atoms with E-state index < -0.39 is 15.9 Å². The van der Waals surface area contributed by atoms with Crippen molar-refractivity contribution < 1.29 is 13.5 Å². The zero-order valence-corrected chi connectivity index (χ0v) is 10.3. The molecule has 0 fully saturated rings. The summed E-state index contributed by atoms with van der Waals surface area (Å²) in [5.74, 6) is 0.